The number of hydrogen-bond acceptors (Lipinski definition) is 2. The van der Waals surface area contributed by atoms with Crippen molar-refractivity contribution >= 4 is 5.91 Å². The van der Waals surface area contributed by atoms with Gasteiger partial charge in [0.05, 0.1) is 12.1 Å². The van der Waals surface area contributed by atoms with E-state index < -0.39 is 30.4 Å². The zero-order valence-electron chi connectivity index (χ0n) is 13.2. The van der Waals surface area contributed by atoms with E-state index in [4.69, 9.17) is 0 Å². The van der Waals surface area contributed by atoms with Crippen molar-refractivity contribution in [3.05, 3.63) is 48.0 Å². The molecule has 126 valence electrons. The maximum atomic E-state index is 13.1. The number of rotatable bonds is 7. The average Bonchev–Trinajstić information content (AvgIpc) is 2.78. The lowest BCUT2D eigenvalue weighted by Gasteiger charge is -2.16. The third kappa shape index (κ3) is 5.13. The van der Waals surface area contributed by atoms with Crippen LogP contribution in [0.1, 0.15) is 31.7 Å². The van der Waals surface area contributed by atoms with Crippen molar-refractivity contribution in [1.82, 2.24) is 5.32 Å². The van der Waals surface area contributed by atoms with Gasteiger partial charge in [-0.25, -0.2) is 0 Å². The SMILES string of the molecule is C[C@H](CCCc1ccccc1)[C@@H](O)/C=C/[C@@H]1CC(F)(F)C(=O)N1. The quantitative estimate of drug-likeness (QED) is 0.758. The monoisotopic (exact) mass is 323 g/mol. The molecule has 1 fully saturated rings. The van der Waals surface area contributed by atoms with E-state index in [1.807, 2.05) is 25.1 Å². The standard InChI is InChI=1S/C18H23F2NO2/c1-13(6-5-9-14-7-3-2-4-8-14)16(22)11-10-15-12-18(19,20)17(23)21-15/h2-4,7-8,10-11,13,15-16,22H,5-6,9,12H2,1H3,(H,21,23)/b11-10+/t13-,15-,16+/m1/s1. The van der Waals surface area contributed by atoms with Crippen molar-refractivity contribution in [2.24, 2.45) is 5.92 Å². The number of hydrogen-bond donors (Lipinski definition) is 2. The van der Waals surface area contributed by atoms with Gasteiger partial charge < -0.3 is 10.4 Å². The fourth-order valence-corrected chi connectivity index (χ4v) is 2.69. The molecule has 3 atom stereocenters. The van der Waals surface area contributed by atoms with Crippen LogP contribution < -0.4 is 5.32 Å². The number of amides is 1. The normalized spacial score (nSPS) is 23.0. The maximum Gasteiger partial charge on any atom is 0.326 e. The molecule has 5 heteroatoms. The van der Waals surface area contributed by atoms with Crippen LogP contribution in [0.5, 0.6) is 0 Å². The Morgan fingerprint density at radius 2 is 2.09 bits per heavy atom. The number of aliphatic hydroxyl groups is 1. The fraction of sp³-hybridized carbons (Fsp3) is 0.500. The van der Waals surface area contributed by atoms with Crippen LogP contribution in [0.4, 0.5) is 8.78 Å². The molecule has 1 amide bonds. The first-order valence-electron chi connectivity index (χ1n) is 7.97. The summed E-state index contributed by atoms with van der Waals surface area (Å²) >= 11 is 0. The highest BCUT2D eigenvalue weighted by Crippen LogP contribution is 2.27. The van der Waals surface area contributed by atoms with Crippen molar-refractivity contribution in [1.29, 1.82) is 0 Å². The van der Waals surface area contributed by atoms with E-state index in [1.165, 1.54) is 17.7 Å². The van der Waals surface area contributed by atoms with E-state index in [2.05, 4.69) is 17.4 Å². The molecule has 2 rings (SSSR count). The Bertz CT molecular complexity index is 545. The summed E-state index contributed by atoms with van der Waals surface area (Å²) in [7, 11) is 0. The van der Waals surface area contributed by atoms with Gasteiger partial charge in [-0.05, 0) is 30.7 Å². The number of carbonyl (C=O) groups is 1. The first-order valence-corrected chi connectivity index (χ1v) is 7.97. The Morgan fingerprint density at radius 3 is 2.70 bits per heavy atom. The number of aliphatic hydroxyl groups excluding tert-OH is 1. The number of benzene rings is 1. The number of halogens is 2. The summed E-state index contributed by atoms with van der Waals surface area (Å²) in [6, 6.07) is 9.42. The zero-order valence-corrected chi connectivity index (χ0v) is 13.2. The Labute approximate surface area is 135 Å². The Hall–Kier alpha value is -1.75. The molecule has 2 N–H and O–H groups in total. The Morgan fingerprint density at radius 1 is 1.39 bits per heavy atom. The second-order valence-corrected chi connectivity index (χ2v) is 6.22. The third-order valence-electron chi connectivity index (χ3n) is 4.22. The van der Waals surface area contributed by atoms with Gasteiger partial charge in [-0.15, -0.1) is 0 Å². The molecule has 1 heterocycles. The second-order valence-electron chi connectivity index (χ2n) is 6.22. The Kier molecular flexibility index (Phi) is 5.88. The largest absolute Gasteiger partial charge is 0.389 e. The summed E-state index contributed by atoms with van der Waals surface area (Å²) in [6.07, 6.45) is 4.49. The van der Waals surface area contributed by atoms with Crippen LogP contribution in [0, 0.1) is 5.92 Å². The van der Waals surface area contributed by atoms with Gasteiger partial charge in [-0.2, -0.15) is 8.78 Å². The van der Waals surface area contributed by atoms with Crippen LogP contribution >= 0.6 is 0 Å². The van der Waals surface area contributed by atoms with Crippen molar-refractivity contribution < 1.29 is 18.7 Å². The highest BCUT2D eigenvalue weighted by molar-refractivity contribution is 5.86. The number of aryl methyl sites for hydroxylation is 1. The van der Waals surface area contributed by atoms with Gasteiger partial charge in [-0.3, -0.25) is 4.79 Å². The molecule has 0 spiro atoms. The van der Waals surface area contributed by atoms with Gasteiger partial charge in [0.15, 0.2) is 0 Å². The number of carbonyl (C=O) groups excluding carboxylic acids is 1. The average molecular weight is 323 g/mol. The van der Waals surface area contributed by atoms with Crippen LogP contribution in [0.15, 0.2) is 42.5 Å². The molecular weight excluding hydrogens is 300 g/mol. The summed E-state index contributed by atoms with van der Waals surface area (Å²) in [5.74, 6) is -4.51. The smallest absolute Gasteiger partial charge is 0.326 e. The van der Waals surface area contributed by atoms with Crippen molar-refractivity contribution in [2.75, 3.05) is 0 Å². The minimum atomic E-state index is -3.30. The van der Waals surface area contributed by atoms with Crippen molar-refractivity contribution in [3.63, 3.8) is 0 Å². The zero-order chi connectivity index (χ0) is 16.9. The first kappa shape index (κ1) is 17.6. The predicted octanol–water partition coefficient (Wildman–Crippen LogP) is 3.09. The van der Waals surface area contributed by atoms with Gasteiger partial charge in [0.2, 0.25) is 0 Å². The number of alkyl halides is 2. The minimum Gasteiger partial charge on any atom is -0.389 e. The van der Waals surface area contributed by atoms with E-state index in [0.29, 0.717) is 0 Å². The van der Waals surface area contributed by atoms with Gasteiger partial charge in [0.1, 0.15) is 0 Å². The molecule has 1 saturated heterocycles. The summed E-state index contributed by atoms with van der Waals surface area (Å²) in [4.78, 5) is 11.0. The van der Waals surface area contributed by atoms with E-state index in [0.717, 1.165) is 19.3 Å². The molecule has 0 saturated carbocycles. The molecule has 1 aromatic rings. The summed E-state index contributed by atoms with van der Waals surface area (Å²) < 4.78 is 26.2. The van der Waals surface area contributed by atoms with E-state index >= 15 is 0 Å². The number of nitrogens with one attached hydrogen (secondary N) is 1. The molecule has 0 aliphatic carbocycles. The molecule has 0 aromatic heterocycles. The van der Waals surface area contributed by atoms with Gasteiger partial charge in [0, 0.05) is 6.42 Å². The molecule has 3 nitrogen and oxygen atoms in total. The fourth-order valence-electron chi connectivity index (χ4n) is 2.69. The third-order valence-corrected chi connectivity index (χ3v) is 4.22. The van der Waals surface area contributed by atoms with Crippen LogP contribution in [0.2, 0.25) is 0 Å². The van der Waals surface area contributed by atoms with Crippen LogP contribution in [-0.2, 0) is 11.2 Å². The molecule has 0 unspecified atom stereocenters. The molecule has 1 aliphatic heterocycles. The molecule has 0 radical (unpaired) electrons. The Balaban J connectivity index is 1.73. The van der Waals surface area contributed by atoms with E-state index in [1.54, 1.807) is 0 Å². The van der Waals surface area contributed by atoms with Gasteiger partial charge in [-0.1, -0.05) is 49.4 Å². The lowest BCUT2D eigenvalue weighted by atomic mass is 9.95. The lowest BCUT2D eigenvalue weighted by molar-refractivity contribution is -0.139. The molecule has 23 heavy (non-hydrogen) atoms. The highest BCUT2D eigenvalue weighted by Gasteiger charge is 2.47. The molecule has 1 aliphatic rings. The summed E-state index contributed by atoms with van der Waals surface area (Å²) in [5, 5.41) is 12.3. The predicted molar refractivity (Wildman–Crippen MR) is 85.2 cm³/mol. The summed E-state index contributed by atoms with van der Waals surface area (Å²) in [6.45, 7) is 1.93. The van der Waals surface area contributed by atoms with Crippen LogP contribution in [0.3, 0.4) is 0 Å². The lowest BCUT2D eigenvalue weighted by Crippen LogP contribution is -2.30. The van der Waals surface area contributed by atoms with Gasteiger partial charge in [0.25, 0.3) is 5.91 Å². The van der Waals surface area contributed by atoms with Crippen molar-refractivity contribution in [3.8, 4) is 0 Å². The first-order chi connectivity index (χ1) is 10.9. The van der Waals surface area contributed by atoms with Crippen molar-refractivity contribution in [2.45, 2.75) is 50.7 Å². The minimum absolute atomic E-state index is 0.0348. The molecule has 0 bridgehead atoms. The topological polar surface area (TPSA) is 49.3 Å². The van der Waals surface area contributed by atoms with E-state index in [9.17, 15) is 18.7 Å². The van der Waals surface area contributed by atoms with E-state index in [-0.39, 0.29) is 5.92 Å². The maximum absolute atomic E-state index is 13.1. The second kappa shape index (κ2) is 7.68. The molecule has 1 aromatic carbocycles. The van der Waals surface area contributed by atoms with Gasteiger partial charge >= 0.3 is 5.92 Å². The van der Waals surface area contributed by atoms with Crippen LogP contribution in [0.25, 0.3) is 0 Å². The highest BCUT2D eigenvalue weighted by atomic mass is 19.3. The molecular formula is C18H23F2NO2. The van der Waals surface area contributed by atoms with Crippen LogP contribution in [-0.4, -0.2) is 29.1 Å². The summed E-state index contributed by atoms with van der Waals surface area (Å²) in [5.41, 5.74) is 1.26.